The fraction of sp³-hybridized carbons (Fsp3) is 0.273. The van der Waals surface area contributed by atoms with Crippen LogP contribution in [-0.4, -0.2) is 19.6 Å². The largest absolute Gasteiger partial charge is 0.507 e. The van der Waals surface area contributed by atoms with Crippen molar-refractivity contribution in [3.05, 3.63) is 155 Å². The van der Waals surface area contributed by atoms with Gasteiger partial charge in [-0.1, -0.05) is 145 Å². The second-order valence-corrected chi connectivity index (χ2v) is 19.6. The molecule has 4 nitrogen and oxygen atoms in total. The number of phenols is 1. The fourth-order valence-corrected chi connectivity index (χ4v) is 8.47. The van der Waals surface area contributed by atoms with E-state index < -0.39 is 0 Å². The zero-order valence-electron chi connectivity index (χ0n) is 37.1. The van der Waals surface area contributed by atoms with Gasteiger partial charge in [-0.05, 0) is 107 Å². The first-order valence-corrected chi connectivity index (χ1v) is 20.8. The van der Waals surface area contributed by atoms with Crippen molar-refractivity contribution < 1.29 is 26.2 Å². The summed E-state index contributed by atoms with van der Waals surface area (Å²) in [5.41, 5.74) is 17.7. The first kappa shape index (κ1) is 42.8. The molecule has 60 heavy (non-hydrogen) atoms. The number of aromatic nitrogens is 3. The maximum atomic E-state index is 11.7. The van der Waals surface area contributed by atoms with E-state index >= 15 is 0 Å². The van der Waals surface area contributed by atoms with E-state index in [2.05, 4.69) is 191 Å². The molecule has 8 aromatic rings. The Morgan fingerprint density at radius 1 is 0.550 bits per heavy atom. The van der Waals surface area contributed by atoms with Gasteiger partial charge in [-0.25, -0.2) is 4.98 Å². The van der Waals surface area contributed by atoms with Crippen molar-refractivity contribution in [1.82, 2.24) is 14.5 Å². The van der Waals surface area contributed by atoms with Gasteiger partial charge in [0.1, 0.15) is 11.6 Å². The average Bonchev–Trinajstić information content (AvgIpc) is 3.55. The number of fused-ring (bicyclic) bond motifs is 2. The van der Waals surface area contributed by atoms with Crippen LogP contribution in [0.15, 0.2) is 115 Å². The second kappa shape index (κ2) is 15.6. The molecule has 2 aromatic heterocycles. The number of hydrogen-bond donors (Lipinski definition) is 1. The Balaban J connectivity index is 0.00000544. The van der Waals surface area contributed by atoms with Crippen molar-refractivity contribution in [3.8, 4) is 56.2 Å². The van der Waals surface area contributed by atoms with Crippen molar-refractivity contribution in [2.24, 2.45) is 0 Å². The number of aromatic hydroxyl groups is 1. The van der Waals surface area contributed by atoms with Gasteiger partial charge in [0.25, 0.3) is 0 Å². The maximum absolute atomic E-state index is 11.7. The van der Waals surface area contributed by atoms with E-state index in [-0.39, 0.29) is 43.1 Å². The van der Waals surface area contributed by atoms with Crippen molar-refractivity contribution >= 4 is 21.9 Å². The Morgan fingerprint density at radius 3 is 1.75 bits per heavy atom. The molecular formula is C55H56N3OPt-. The Kier molecular flexibility index (Phi) is 11.1. The molecular weight excluding hydrogens is 914 g/mol. The van der Waals surface area contributed by atoms with E-state index in [0.29, 0.717) is 11.4 Å². The predicted octanol–water partition coefficient (Wildman–Crippen LogP) is 14.6. The molecule has 0 unspecified atom stereocenters. The average molecular weight is 970 g/mol. The van der Waals surface area contributed by atoms with Crippen molar-refractivity contribution in [3.63, 3.8) is 0 Å². The van der Waals surface area contributed by atoms with Gasteiger partial charge in [-0.15, -0.1) is 35.4 Å². The van der Waals surface area contributed by atoms with Crippen LogP contribution in [-0.2, 0) is 37.3 Å². The van der Waals surface area contributed by atoms with Crippen LogP contribution in [0.25, 0.3) is 72.4 Å². The van der Waals surface area contributed by atoms with Crippen molar-refractivity contribution in [2.75, 3.05) is 0 Å². The molecule has 0 radical (unpaired) electrons. The van der Waals surface area contributed by atoms with Gasteiger partial charge in [0.15, 0.2) is 0 Å². The molecule has 0 aliphatic rings. The van der Waals surface area contributed by atoms with Crippen LogP contribution in [0.3, 0.4) is 0 Å². The standard InChI is InChI=1S/C55H56N3O.Pt/c1-33-24-34(2)26-38(25-33)39-30-44(37-15-13-14-36(29-37)43-27-35(3)28-45-47(55(10,11)12)22-23-56-50(43)45)51-48(31-39)58(42-19-16-40(17-20-42)53(4,5)6)52(57-51)46-32-41(54(7,8)9)18-21-49(46)59;/h13-28,30-32,59H,1-12H3;/q-1;. The molecule has 0 saturated heterocycles. The normalized spacial score (nSPS) is 12.3. The summed E-state index contributed by atoms with van der Waals surface area (Å²) >= 11 is 0. The summed E-state index contributed by atoms with van der Waals surface area (Å²) in [6, 6.07) is 43.0. The number of imidazole rings is 1. The number of rotatable bonds is 5. The minimum atomic E-state index is -0.132. The third-order valence-electron chi connectivity index (χ3n) is 11.6. The van der Waals surface area contributed by atoms with Crippen LogP contribution in [0, 0.1) is 26.8 Å². The van der Waals surface area contributed by atoms with E-state index in [9.17, 15) is 5.11 Å². The molecule has 0 amide bonds. The molecule has 8 rings (SSSR count). The molecule has 0 aliphatic carbocycles. The smallest absolute Gasteiger partial charge is 0.148 e. The van der Waals surface area contributed by atoms with Gasteiger partial charge in [0.2, 0.25) is 0 Å². The summed E-state index contributed by atoms with van der Waals surface area (Å²) < 4.78 is 2.23. The van der Waals surface area contributed by atoms with Gasteiger partial charge < -0.3 is 5.11 Å². The Labute approximate surface area is 371 Å². The SMILES string of the molecule is Cc1cc(C)cc(-c2cc(-c3[c-]c(-c4cc(C)cc5c(C(C)(C)C)ccnc45)ccc3)c3nc(-c4cc(C(C)(C)C)ccc4O)n(-c4ccc(C(C)(C)C)cc4)c3c2)c1.[Pt]. The quantitative estimate of drug-likeness (QED) is 0.175. The topological polar surface area (TPSA) is 50.9 Å². The number of aryl methyl sites for hydroxylation is 3. The predicted molar refractivity (Wildman–Crippen MR) is 249 cm³/mol. The summed E-state index contributed by atoms with van der Waals surface area (Å²) in [6.45, 7) is 26.6. The van der Waals surface area contributed by atoms with Crippen molar-refractivity contribution in [1.29, 1.82) is 0 Å². The third kappa shape index (κ3) is 8.12. The van der Waals surface area contributed by atoms with Gasteiger partial charge in [-0.3, -0.25) is 9.55 Å². The maximum Gasteiger partial charge on any atom is 0.148 e. The summed E-state index contributed by atoms with van der Waals surface area (Å²) in [5.74, 6) is 0.879. The minimum absolute atomic E-state index is 0. The van der Waals surface area contributed by atoms with Crippen LogP contribution in [0.1, 0.15) is 95.7 Å². The van der Waals surface area contributed by atoms with Crippen LogP contribution >= 0.6 is 0 Å². The zero-order chi connectivity index (χ0) is 42.2. The van der Waals surface area contributed by atoms with E-state index in [1.807, 2.05) is 18.3 Å². The van der Waals surface area contributed by atoms with Gasteiger partial charge in [-0.2, -0.15) is 0 Å². The molecule has 0 aliphatic heterocycles. The van der Waals surface area contributed by atoms with E-state index in [0.717, 1.165) is 61.2 Å². The summed E-state index contributed by atoms with van der Waals surface area (Å²) in [5, 5.41) is 12.8. The van der Waals surface area contributed by atoms with Crippen molar-refractivity contribution in [2.45, 2.75) is 99.3 Å². The molecule has 0 spiro atoms. The molecule has 6 aromatic carbocycles. The van der Waals surface area contributed by atoms with Crippen LogP contribution in [0.2, 0.25) is 0 Å². The first-order chi connectivity index (χ1) is 27.8. The Morgan fingerprint density at radius 2 is 1.13 bits per heavy atom. The number of benzene rings is 6. The Hall–Kier alpha value is -5.31. The molecule has 0 fully saturated rings. The summed E-state index contributed by atoms with van der Waals surface area (Å²) in [7, 11) is 0. The van der Waals surface area contributed by atoms with Crippen LogP contribution < -0.4 is 0 Å². The molecule has 0 atom stereocenters. The first-order valence-electron chi connectivity index (χ1n) is 20.8. The monoisotopic (exact) mass is 969 g/mol. The second-order valence-electron chi connectivity index (χ2n) is 19.6. The third-order valence-corrected chi connectivity index (χ3v) is 11.6. The molecule has 2 heterocycles. The van der Waals surface area contributed by atoms with Gasteiger partial charge in [0, 0.05) is 38.5 Å². The summed E-state index contributed by atoms with van der Waals surface area (Å²) in [6.07, 6.45) is 1.94. The molecule has 308 valence electrons. The number of pyridine rings is 1. The zero-order valence-corrected chi connectivity index (χ0v) is 39.3. The van der Waals surface area contributed by atoms with E-state index in [1.165, 1.54) is 33.2 Å². The minimum Gasteiger partial charge on any atom is -0.507 e. The van der Waals surface area contributed by atoms with Crippen LogP contribution in [0.5, 0.6) is 5.75 Å². The Bertz CT molecular complexity index is 2890. The van der Waals surface area contributed by atoms with E-state index in [4.69, 9.17) is 9.97 Å². The van der Waals surface area contributed by atoms with Crippen LogP contribution in [0.4, 0.5) is 0 Å². The number of hydrogen-bond acceptors (Lipinski definition) is 3. The molecule has 0 bridgehead atoms. The fourth-order valence-electron chi connectivity index (χ4n) is 8.47. The van der Waals surface area contributed by atoms with E-state index in [1.54, 1.807) is 0 Å². The molecule has 0 saturated carbocycles. The van der Waals surface area contributed by atoms with Gasteiger partial charge >= 0.3 is 0 Å². The number of phenolic OH excluding ortho intramolecular Hbond substituents is 1. The van der Waals surface area contributed by atoms with Gasteiger partial charge in [0.05, 0.1) is 16.6 Å². The molecule has 5 heteroatoms. The summed E-state index contributed by atoms with van der Waals surface area (Å²) in [4.78, 5) is 10.5. The molecule has 1 N–H and O–H groups in total. The number of nitrogens with zero attached hydrogens (tertiary/aromatic N) is 3.